The fraction of sp³-hybridized carbons (Fsp3) is 0.0526. The lowest BCUT2D eigenvalue weighted by atomic mass is 10.1. The fourth-order valence-electron chi connectivity index (χ4n) is 2.76. The lowest BCUT2D eigenvalue weighted by Crippen LogP contribution is -2.07. The number of benzene rings is 1. The quantitative estimate of drug-likeness (QED) is 0.434. The van der Waals surface area contributed by atoms with E-state index in [4.69, 9.17) is 15.5 Å². The first-order valence-corrected chi connectivity index (χ1v) is 8.95. The summed E-state index contributed by atoms with van der Waals surface area (Å²) in [4.78, 5) is 26.0. The average Bonchev–Trinajstić information content (AvgIpc) is 3.28. The van der Waals surface area contributed by atoms with Gasteiger partial charge in [-0.15, -0.1) is 11.3 Å². The van der Waals surface area contributed by atoms with E-state index in [2.05, 4.69) is 9.97 Å². The zero-order chi connectivity index (χ0) is 18.8. The van der Waals surface area contributed by atoms with Crippen molar-refractivity contribution < 1.29 is 9.53 Å². The van der Waals surface area contributed by atoms with Crippen LogP contribution in [0.4, 0.5) is 5.95 Å². The Balaban J connectivity index is 1.96. The van der Waals surface area contributed by atoms with Gasteiger partial charge in [-0.1, -0.05) is 30.3 Å². The number of thiazole rings is 1. The Morgan fingerprint density at radius 3 is 2.78 bits per heavy atom. The van der Waals surface area contributed by atoms with Crippen molar-refractivity contribution in [2.24, 2.45) is 0 Å². The number of imidazole rings is 1. The number of aromatic nitrogens is 4. The summed E-state index contributed by atoms with van der Waals surface area (Å²) in [7, 11) is 1.33. The number of ether oxygens (including phenoxy) is 1. The highest BCUT2D eigenvalue weighted by Gasteiger charge is 2.19. The number of hydrogen-bond acceptors (Lipinski definition) is 7. The Bertz CT molecular complexity index is 1150. The van der Waals surface area contributed by atoms with Crippen LogP contribution in [0.15, 0.2) is 54.2 Å². The summed E-state index contributed by atoms with van der Waals surface area (Å²) in [5.41, 5.74) is 8.83. The van der Waals surface area contributed by atoms with Gasteiger partial charge in [-0.05, 0) is 12.1 Å². The number of anilines is 1. The van der Waals surface area contributed by atoms with Crippen LogP contribution >= 0.6 is 11.3 Å². The first-order valence-electron chi connectivity index (χ1n) is 8.07. The Morgan fingerprint density at radius 2 is 2.04 bits per heavy atom. The largest absolute Gasteiger partial charge is 0.465 e. The third-order valence-corrected chi connectivity index (χ3v) is 4.74. The second-order valence-electron chi connectivity index (χ2n) is 5.62. The maximum absolute atomic E-state index is 12.5. The second-order valence-corrected chi connectivity index (χ2v) is 6.49. The molecule has 0 aliphatic rings. The highest BCUT2D eigenvalue weighted by atomic mass is 32.1. The van der Waals surface area contributed by atoms with Crippen LogP contribution in [0, 0.1) is 0 Å². The molecule has 0 amide bonds. The van der Waals surface area contributed by atoms with E-state index in [-0.39, 0.29) is 11.5 Å². The van der Waals surface area contributed by atoms with Crippen molar-refractivity contribution in [1.82, 2.24) is 19.4 Å². The van der Waals surface area contributed by atoms with Crippen molar-refractivity contribution in [2.45, 2.75) is 0 Å². The molecule has 0 fully saturated rings. The number of rotatable bonds is 4. The van der Waals surface area contributed by atoms with Gasteiger partial charge in [-0.2, -0.15) is 0 Å². The van der Waals surface area contributed by atoms with Crippen LogP contribution in [0.5, 0.6) is 0 Å². The van der Waals surface area contributed by atoms with E-state index in [1.807, 2.05) is 46.3 Å². The van der Waals surface area contributed by atoms with Crippen molar-refractivity contribution in [3.63, 3.8) is 0 Å². The first kappa shape index (κ1) is 16.9. The topological polar surface area (TPSA) is 95.4 Å². The molecular weight excluding hydrogens is 362 g/mol. The zero-order valence-corrected chi connectivity index (χ0v) is 15.2. The van der Waals surface area contributed by atoms with Crippen LogP contribution in [0.2, 0.25) is 0 Å². The smallest absolute Gasteiger partial charge is 0.340 e. The predicted molar refractivity (Wildman–Crippen MR) is 105 cm³/mol. The van der Waals surface area contributed by atoms with Crippen LogP contribution in [-0.4, -0.2) is 32.4 Å². The minimum Gasteiger partial charge on any atom is -0.465 e. The van der Waals surface area contributed by atoms with E-state index in [0.717, 1.165) is 21.9 Å². The number of carbonyl (C=O) groups excluding carboxylic acids is 1. The number of carbonyl (C=O) groups is 1. The molecule has 0 spiro atoms. The summed E-state index contributed by atoms with van der Waals surface area (Å²) in [5, 5.41) is 1.94. The van der Waals surface area contributed by atoms with Gasteiger partial charge in [0.05, 0.1) is 29.8 Å². The molecule has 0 atom stereocenters. The molecule has 4 rings (SSSR count). The summed E-state index contributed by atoms with van der Waals surface area (Å²) < 4.78 is 6.89. The Hall–Kier alpha value is -3.52. The molecule has 0 radical (unpaired) electrons. The van der Waals surface area contributed by atoms with Crippen molar-refractivity contribution >= 4 is 39.9 Å². The number of nitrogens with two attached hydrogens (primary N) is 1. The minimum absolute atomic E-state index is 0.0829. The molecule has 1 aromatic carbocycles. The van der Waals surface area contributed by atoms with Crippen molar-refractivity contribution in [2.75, 3.05) is 12.8 Å². The highest BCUT2D eigenvalue weighted by molar-refractivity contribution is 7.15. The van der Waals surface area contributed by atoms with E-state index in [1.54, 1.807) is 12.1 Å². The Morgan fingerprint density at radius 1 is 1.22 bits per heavy atom. The molecule has 0 saturated carbocycles. The van der Waals surface area contributed by atoms with Gasteiger partial charge in [0, 0.05) is 23.3 Å². The summed E-state index contributed by atoms with van der Waals surface area (Å²) in [6, 6.07) is 11.4. The number of fused-ring (bicyclic) bond motifs is 1. The lowest BCUT2D eigenvalue weighted by molar-refractivity contribution is -0.133. The zero-order valence-electron chi connectivity index (χ0n) is 14.4. The maximum atomic E-state index is 12.5. The first-order chi connectivity index (χ1) is 13.2. The molecule has 4 aromatic rings. The van der Waals surface area contributed by atoms with Crippen LogP contribution in [0.3, 0.4) is 0 Å². The van der Waals surface area contributed by atoms with Gasteiger partial charge in [0.25, 0.3) is 0 Å². The molecule has 27 heavy (non-hydrogen) atoms. The summed E-state index contributed by atoms with van der Waals surface area (Å²) >= 11 is 1.52. The van der Waals surface area contributed by atoms with E-state index in [9.17, 15) is 4.79 Å². The monoisotopic (exact) mass is 377 g/mol. The van der Waals surface area contributed by atoms with Gasteiger partial charge in [-0.3, -0.25) is 4.40 Å². The van der Waals surface area contributed by atoms with Gasteiger partial charge in [0.1, 0.15) is 0 Å². The third kappa shape index (κ3) is 3.18. The standard InChI is InChI=1S/C19H15N5O2S/c1-26-17(25)13(14-7-8-21-18(20)22-14)11-15-16(12-5-3-2-4-6-12)23-19-24(15)9-10-27-19/h2-11H,1H3,(H2,20,21,22)/b13-11-. The van der Waals surface area contributed by atoms with Crippen molar-refractivity contribution in [1.29, 1.82) is 0 Å². The summed E-state index contributed by atoms with van der Waals surface area (Å²) in [5.74, 6) is -0.433. The summed E-state index contributed by atoms with van der Waals surface area (Å²) in [6.45, 7) is 0. The number of nitrogen functional groups attached to an aromatic ring is 1. The Labute approximate surface area is 158 Å². The molecule has 2 N–H and O–H groups in total. The molecule has 0 unspecified atom stereocenters. The molecule has 8 heteroatoms. The van der Waals surface area contributed by atoms with E-state index >= 15 is 0 Å². The molecular formula is C19H15N5O2S. The molecule has 3 aromatic heterocycles. The predicted octanol–water partition coefficient (Wildman–Crippen LogP) is 3.15. The van der Waals surface area contributed by atoms with Crippen LogP contribution in [0.25, 0.3) is 27.9 Å². The number of methoxy groups -OCH3 is 1. The molecule has 0 aliphatic heterocycles. The second kappa shape index (κ2) is 7.00. The molecule has 0 bridgehead atoms. The molecule has 3 heterocycles. The van der Waals surface area contributed by atoms with E-state index in [0.29, 0.717) is 5.69 Å². The molecule has 7 nitrogen and oxygen atoms in total. The molecule has 0 aliphatic carbocycles. The average molecular weight is 377 g/mol. The van der Waals surface area contributed by atoms with Crippen molar-refractivity contribution in [3.8, 4) is 11.3 Å². The SMILES string of the molecule is COC(=O)/C(=C\c1c(-c2ccccc2)nc2sccn12)c1ccnc(N)n1. The summed E-state index contributed by atoms with van der Waals surface area (Å²) in [6.07, 6.45) is 5.14. The van der Waals surface area contributed by atoms with Gasteiger partial charge in [-0.25, -0.2) is 19.7 Å². The lowest BCUT2D eigenvalue weighted by Gasteiger charge is -2.07. The Kier molecular flexibility index (Phi) is 4.39. The van der Waals surface area contributed by atoms with E-state index < -0.39 is 5.97 Å². The van der Waals surface area contributed by atoms with Gasteiger partial charge < -0.3 is 10.5 Å². The number of hydrogen-bond donors (Lipinski definition) is 1. The van der Waals surface area contributed by atoms with E-state index in [1.165, 1.54) is 24.6 Å². The van der Waals surface area contributed by atoms with Gasteiger partial charge in [0.15, 0.2) is 4.96 Å². The van der Waals surface area contributed by atoms with Crippen molar-refractivity contribution in [3.05, 3.63) is 65.6 Å². The van der Waals surface area contributed by atoms with Crippen LogP contribution < -0.4 is 5.73 Å². The highest BCUT2D eigenvalue weighted by Crippen LogP contribution is 2.30. The maximum Gasteiger partial charge on any atom is 0.340 e. The molecule has 0 saturated heterocycles. The van der Waals surface area contributed by atoms with Crippen LogP contribution in [0.1, 0.15) is 11.4 Å². The fourth-order valence-corrected chi connectivity index (χ4v) is 3.48. The molecule has 134 valence electrons. The number of esters is 1. The minimum atomic E-state index is -0.516. The van der Waals surface area contributed by atoms with Gasteiger partial charge in [0.2, 0.25) is 5.95 Å². The third-order valence-electron chi connectivity index (χ3n) is 3.98. The normalized spacial score (nSPS) is 11.7. The van der Waals surface area contributed by atoms with Crippen LogP contribution in [-0.2, 0) is 9.53 Å². The number of nitrogens with zero attached hydrogens (tertiary/aromatic N) is 4. The van der Waals surface area contributed by atoms with Gasteiger partial charge >= 0.3 is 5.97 Å².